The minimum Gasteiger partial charge on any atom is -0.295 e. The largest absolute Gasteiger partial charge is 0.295 e. The molecule has 0 atom stereocenters. The zero-order valence-corrected chi connectivity index (χ0v) is 12.3. The number of carbonyl (C=O) groups is 2. The molecule has 0 N–H and O–H groups in total. The Morgan fingerprint density at radius 2 is 1.50 bits per heavy atom. The highest BCUT2D eigenvalue weighted by Crippen LogP contribution is 2.20. The maximum atomic E-state index is 11.4. The van der Waals surface area contributed by atoms with Crippen molar-refractivity contribution in [3.05, 3.63) is 59.8 Å². The van der Waals surface area contributed by atoms with E-state index in [0.29, 0.717) is 17.0 Å². The topological polar surface area (TPSA) is 59.9 Å². The number of fused-ring (bicyclic) bond motifs is 1. The van der Waals surface area contributed by atoms with E-state index < -0.39 is 0 Å². The average Bonchev–Trinajstić information content (AvgIpc) is 2.54. The summed E-state index contributed by atoms with van der Waals surface area (Å²) in [5.41, 5.74) is 2.94. The van der Waals surface area contributed by atoms with E-state index in [1.54, 1.807) is 30.5 Å². The van der Waals surface area contributed by atoms with Crippen molar-refractivity contribution in [1.29, 1.82) is 0 Å². The third-order valence-electron chi connectivity index (χ3n) is 3.54. The van der Waals surface area contributed by atoms with E-state index in [1.165, 1.54) is 13.8 Å². The molecule has 0 aliphatic heterocycles. The first-order chi connectivity index (χ1) is 10.5. The quantitative estimate of drug-likeness (QED) is 0.690. The third kappa shape index (κ3) is 2.63. The van der Waals surface area contributed by atoms with E-state index >= 15 is 0 Å². The number of ketones is 2. The van der Waals surface area contributed by atoms with Gasteiger partial charge >= 0.3 is 0 Å². The van der Waals surface area contributed by atoms with Crippen molar-refractivity contribution in [1.82, 2.24) is 9.97 Å². The molecule has 0 saturated heterocycles. The predicted molar refractivity (Wildman–Crippen MR) is 85.0 cm³/mol. The average molecular weight is 290 g/mol. The third-order valence-corrected chi connectivity index (χ3v) is 3.54. The van der Waals surface area contributed by atoms with E-state index in [0.717, 1.165) is 16.5 Å². The molecule has 3 aromatic rings. The summed E-state index contributed by atoms with van der Waals surface area (Å²) in [5.74, 6) is 0.645. The number of Topliss-reactive ketones (excluding diaryl/α,β-unsaturated/α-hetero) is 2. The molecule has 0 fully saturated rings. The zero-order chi connectivity index (χ0) is 15.7. The highest BCUT2D eigenvalue weighted by Gasteiger charge is 2.06. The standard InChI is InChI=1S/C18H14N2O2/c1-11(21)13-3-5-14(6-4-13)18-19-10-16-9-15(12(2)22)7-8-17(16)20-18/h3-10H,1-2H3. The van der Waals surface area contributed by atoms with Crippen LogP contribution in [0.2, 0.25) is 0 Å². The summed E-state index contributed by atoms with van der Waals surface area (Å²) in [4.78, 5) is 31.6. The van der Waals surface area contributed by atoms with Crippen molar-refractivity contribution < 1.29 is 9.59 Å². The minimum absolute atomic E-state index is 0.0193. The van der Waals surface area contributed by atoms with Crippen molar-refractivity contribution in [3.63, 3.8) is 0 Å². The van der Waals surface area contributed by atoms with Gasteiger partial charge in [0.2, 0.25) is 0 Å². The number of rotatable bonds is 3. The maximum absolute atomic E-state index is 11.4. The second-order valence-corrected chi connectivity index (χ2v) is 5.16. The molecule has 4 heteroatoms. The van der Waals surface area contributed by atoms with E-state index in [2.05, 4.69) is 9.97 Å². The number of aromatic nitrogens is 2. The highest BCUT2D eigenvalue weighted by molar-refractivity contribution is 5.98. The molecular formula is C18H14N2O2. The monoisotopic (exact) mass is 290 g/mol. The Balaban J connectivity index is 2.03. The van der Waals surface area contributed by atoms with Crippen molar-refractivity contribution in [2.24, 2.45) is 0 Å². The van der Waals surface area contributed by atoms with Crippen LogP contribution < -0.4 is 0 Å². The molecular weight excluding hydrogens is 276 g/mol. The smallest absolute Gasteiger partial charge is 0.159 e. The molecule has 0 amide bonds. The number of hydrogen-bond donors (Lipinski definition) is 0. The van der Waals surface area contributed by atoms with Gasteiger partial charge in [0, 0.05) is 28.3 Å². The molecule has 1 heterocycles. The summed E-state index contributed by atoms with van der Waals surface area (Å²) in [7, 11) is 0. The lowest BCUT2D eigenvalue weighted by Gasteiger charge is -2.04. The molecule has 0 radical (unpaired) electrons. The van der Waals surface area contributed by atoms with Gasteiger partial charge in [-0.3, -0.25) is 9.59 Å². The molecule has 2 aromatic carbocycles. The van der Waals surface area contributed by atoms with E-state index in [9.17, 15) is 9.59 Å². The fraction of sp³-hybridized carbons (Fsp3) is 0.111. The van der Waals surface area contributed by atoms with Gasteiger partial charge in [-0.25, -0.2) is 9.97 Å². The van der Waals surface area contributed by atoms with Crippen LogP contribution in [0.15, 0.2) is 48.7 Å². The summed E-state index contributed by atoms with van der Waals surface area (Å²) in [6.07, 6.45) is 1.71. The van der Waals surface area contributed by atoms with Crippen LogP contribution in [-0.4, -0.2) is 21.5 Å². The highest BCUT2D eigenvalue weighted by atomic mass is 16.1. The Morgan fingerprint density at radius 1 is 0.864 bits per heavy atom. The molecule has 0 spiro atoms. The van der Waals surface area contributed by atoms with Gasteiger partial charge in [-0.1, -0.05) is 24.3 Å². The molecule has 0 bridgehead atoms. The molecule has 3 rings (SSSR count). The van der Waals surface area contributed by atoms with Gasteiger partial charge in [0.1, 0.15) is 0 Å². The van der Waals surface area contributed by atoms with Gasteiger partial charge in [0.15, 0.2) is 17.4 Å². The van der Waals surface area contributed by atoms with Gasteiger partial charge in [-0.2, -0.15) is 0 Å². The van der Waals surface area contributed by atoms with Crippen LogP contribution in [0.4, 0.5) is 0 Å². The second-order valence-electron chi connectivity index (χ2n) is 5.16. The molecule has 0 aliphatic carbocycles. The van der Waals surface area contributed by atoms with Crippen LogP contribution >= 0.6 is 0 Å². The SMILES string of the molecule is CC(=O)c1ccc(-c2ncc3cc(C(C)=O)ccc3n2)cc1. The minimum atomic E-state index is 0.0193. The van der Waals surface area contributed by atoms with Crippen LogP contribution in [0.3, 0.4) is 0 Å². The van der Waals surface area contributed by atoms with Crippen LogP contribution in [0.1, 0.15) is 34.6 Å². The first kappa shape index (κ1) is 14.1. The molecule has 108 valence electrons. The van der Waals surface area contributed by atoms with E-state index in [1.807, 2.05) is 18.2 Å². The summed E-state index contributed by atoms with van der Waals surface area (Å²) in [5, 5.41) is 0.830. The van der Waals surface area contributed by atoms with Gasteiger partial charge in [0.05, 0.1) is 5.52 Å². The molecule has 1 aromatic heterocycles. The second kappa shape index (κ2) is 5.48. The molecule has 22 heavy (non-hydrogen) atoms. The van der Waals surface area contributed by atoms with Crippen LogP contribution in [-0.2, 0) is 0 Å². The Labute approximate surface area is 127 Å². The summed E-state index contributed by atoms with van der Waals surface area (Å²) < 4.78 is 0. The normalized spacial score (nSPS) is 10.6. The summed E-state index contributed by atoms with van der Waals surface area (Å²) >= 11 is 0. The number of hydrogen-bond acceptors (Lipinski definition) is 4. The maximum Gasteiger partial charge on any atom is 0.159 e. The zero-order valence-electron chi connectivity index (χ0n) is 12.3. The van der Waals surface area contributed by atoms with Crippen molar-refractivity contribution in [2.75, 3.05) is 0 Å². The van der Waals surface area contributed by atoms with Gasteiger partial charge in [-0.15, -0.1) is 0 Å². The van der Waals surface area contributed by atoms with Crippen LogP contribution in [0.5, 0.6) is 0 Å². The molecule has 0 unspecified atom stereocenters. The van der Waals surface area contributed by atoms with Crippen molar-refractivity contribution in [2.45, 2.75) is 13.8 Å². The lowest BCUT2D eigenvalue weighted by Crippen LogP contribution is -1.95. The summed E-state index contributed by atoms with van der Waals surface area (Å²) in [6.45, 7) is 3.07. The first-order valence-electron chi connectivity index (χ1n) is 6.94. The van der Waals surface area contributed by atoms with Crippen molar-refractivity contribution in [3.8, 4) is 11.4 Å². The number of carbonyl (C=O) groups excluding carboxylic acids is 2. The van der Waals surface area contributed by atoms with Gasteiger partial charge in [0.25, 0.3) is 0 Å². The van der Waals surface area contributed by atoms with Gasteiger partial charge in [-0.05, 0) is 32.0 Å². The van der Waals surface area contributed by atoms with Gasteiger partial charge < -0.3 is 0 Å². The Morgan fingerprint density at radius 3 is 2.14 bits per heavy atom. The number of benzene rings is 2. The Hall–Kier alpha value is -2.88. The predicted octanol–water partition coefficient (Wildman–Crippen LogP) is 3.70. The lowest BCUT2D eigenvalue weighted by molar-refractivity contribution is 0.100. The fourth-order valence-electron chi connectivity index (χ4n) is 2.25. The lowest BCUT2D eigenvalue weighted by atomic mass is 10.1. The molecule has 0 saturated carbocycles. The van der Waals surface area contributed by atoms with Crippen LogP contribution in [0, 0.1) is 0 Å². The van der Waals surface area contributed by atoms with Crippen LogP contribution in [0.25, 0.3) is 22.3 Å². The van der Waals surface area contributed by atoms with E-state index in [4.69, 9.17) is 0 Å². The van der Waals surface area contributed by atoms with E-state index in [-0.39, 0.29) is 11.6 Å². The first-order valence-corrected chi connectivity index (χ1v) is 6.94. The summed E-state index contributed by atoms with van der Waals surface area (Å²) in [6, 6.07) is 12.6. The Kier molecular flexibility index (Phi) is 3.51. The molecule has 4 nitrogen and oxygen atoms in total. The number of nitrogens with zero attached hydrogens (tertiary/aromatic N) is 2. The molecule has 0 aliphatic rings. The Bertz CT molecular complexity index is 883. The van der Waals surface area contributed by atoms with Crippen molar-refractivity contribution >= 4 is 22.5 Å². The fourth-order valence-corrected chi connectivity index (χ4v) is 2.25.